The molecule has 7 nitrogen and oxygen atoms in total. The molecule has 1 N–H and O–H groups in total. The van der Waals surface area contributed by atoms with Crippen LogP contribution in [0.3, 0.4) is 0 Å². The third kappa shape index (κ3) is 5.34. The first-order valence-electron chi connectivity index (χ1n) is 10.7. The number of rotatable bonds is 5. The van der Waals surface area contributed by atoms with Crippen LogP contribution >= 0.6 is 11.6 Å². The summed E-state index contributed by atoms with van der Waals surface area (Å²) in [6, 6.07) is 9.57. The molecule has 2 aliphatic rings. The van der Waals surface area contributed by atoms with Gasteiger partial charge in [-0.1, -0.05) is 11.6 Å². The lowest BCUT2D eigenvalue weighted by molar-refractivity contribution is -0.127. The number of carbonyl (C=O) groups excluding carboxylic acids is 2. The number of hydrogen-bond donors (Lipinski definition) is 1. The fraction of sp³-hybridized carbons (Fsp3) is 0.478. The maximum Gasteiger partial charge on any atom is 0.317 e. The van der Waals surface area contributed by atoms with Gasteiger partial charge in [0.05, 0.1) is 5.92 Å². The Morgan fingerprint density at radius 1 is 1.10 bits per heavy atom. The molecule has 1 aromatic heterocycles. The van der Waals surface area contributed by atoms with Gasteiger partial charge in [-0.25, -0.2) is 9.97 Å². The third-order valence-corrected chi connectivity index (χ3v) is 6.14. The molecule has 2 aromatic rings. The lowest BCUT2D eigenvalue weighted by Crippen LogP contribution is -2.43. The zero-order valence-electron chi connectivity index (χ0n) is 17.8. The number of hydrogen-bond acceptors (Lipinski definition) is 5. The van der Waals surface area contributed by atoms with Crippen LogP contribution in [-0.4, -0.2) is 40.5 Å². The smallest absolute Gasteiger partial charge is 0.317 e. The van der Waals surface area contributed by atoms with Crippen LogP contribution in [0.1, 0.15) is 43.5 Å². The van der Waals surface area contributed by atoms with Gasteiger partial charge in [-0.15, -0.1) is 0 Å². The van der Waals surface area contributed by atoms with Crippen molar-refractivity contribution in [3.05, 3.63) is 46.7 Å². The Kier molecular flexibility index (Phi) is 6.41. The number of benzene rings is 1. The molecule has 0 spiro atoms. The summed E-state index contributed by atoms with van der Waals surface area (Å²) >= 11 is 5.93. The minimum Gasteiger partial charge on any atom is -0.460 e. The fourth-order valence-corrected chi connectivity index (χ4v) is 4.42. The van der Waals surface area contributed by atoms with Gasteiger partial charge in [-0.3, -0.25) is 9.59 Å². The molecule has 1 atom stereocenters. The number of ether oxygens (including phenoxy) is 1. The zero-order chi connectivity index (χ0) is 22.0. The standard InChI is InChI=1S/C23H27ClN4O3/c1-14-11-15(2)26-23(25-14)31-20-9-5-18(6-10-20)27-22(30)16-12-21(29)28(13-16)19-7-3-17(24)4-8-19/h3-4,7-8,11,16,18,20H,5-6,9-10,12-13H2,1-2H3,(H,27,30). The molecule has 4 rings (SSSR count). The SMILES string of the molecule is Cc1cc(C)nc(OC2CCC(NC(=O)C3CC(=O)N(c4ccc(Cl)cc4)C3)CC2)n1. The van der Waals surface area contributed by atoms with Crippen molar-refractivity contribution in [1.29, 1.82) is 0 Å². The van der Waals surface area contributed by atoms with Gasteiger partial charge in [0.2, 0.25) is 11.8 Å². The number of aryl methyl sites for hydroxylation is 2. The van der Waals surface area contributed by atoms with Crippen molar-refractivity contribution in [3.8, 4) is 6.01 Å². The summed E-state index contributed by atoms with van der Waals surface area (Å²) in [5.41, 5.74) is 2.56. The van der Waals surface area contributed by atoms with E-state index in [9.17, 15) is 9.59 Å². The lowest BCUT2D eigenvalue weighted by atomic mass is 9.92. The Hall–Kier alpha value is -2.67. The molecule has 2 heterocycles. The van der Waals surface area contributed by atoms with Crippen molar-refractivity contribution in [1.82, 2.24) is 15.3 Å². The van der Waals surface area contributed by atoms with Crippen LogP contribution in [0.25, 0.3) is 0 Å². The highest BCUT2D eigenvalue weighted by molar-refractivity contribution is 6.30. The second-order valence-electron chi connectivity index (χ2n) is 8.42. The maximum atomic E-state index is 12.8. The molecule has 1 unspecified atom stereocenters. The lowest BCUT2D eigenvalue weighted by Gasteiger charge is -2.29. The Balaban J connectivity index is 1.26. The second-order valence-corrected chi connectivity index (χ2v) is 8.85. The van der Waals surface area contributed by atoms with E-state index in [0.29, 0.717) is 17.6 Å². The maximum absolute atomic E-state index is 12.8. The summed E-state index contributed by atoms with van der Waals surface area (Å²) in [5, 5.41) is 3.76. The van der Waals surface area contributed by atoms with Crippen LogP contribution in [-0.2, 0) is 9.59 Å². The van der Waals surface area contributed by atoms with E-state index in [4.69, 9.17) is 16.3 Å². The van der Waals surface area contributed by atoms with Gasteiger partial charge in [0.1, 0.15) is 6.10 Å². The summed E-state index contributed by atoms with van der Waals surface area (Å²) in [6.07, 6.45) is 3.63. The molecule has 1 saturated heterocycles. The first-order valence-corrected chi connectivity index (χ1v) is 11.1. The van der Waals surface area contributed by atoms with Crippen LogP contribution in [0, 0.1) is 19.8 Å². The average molecular weight is 443 g/mol. The first-order chi connectivity index (χ1) is 14.9. The number of halogens is 1. The molecule has 0 radical (unpaired) electrons. The molecular weight excluding hydrogens is 416 g/mol. The molecule has 1 saturated carbocycles. The van der Waals surface area contributed by atoms with E-state index in [1.807, 2.05) is 19.9 Å². The predicted octanol–water partition coefficient (Wildman–Crippen LogP) is 3.61. The molecule has 8 heteroatoms. The van der Waals surface area contributed by atoms with Gasteiger partial charge >= 0.3 is 6.01 Å². The van der Waals surface area contributed by atoms with Crippen molar-refractivity contribution in [2.75, 3.05) is 11.4 Å². The summed E-state index contributed by atoms with van der Waals surface area (Å²) in [7, 11) is 0. The van der Waals surface area contributed by atoms with Crippen molar-refractivity contribution in [3.63, 3.8) is 0 Å². The monoisotopic (exact) mass is 442 g/mol. The van der Waals surface area contributed by atoms with Gasteiger partial charge in [-0.2, -0.15) is 0 Å². The highest BCUT2D eigenvalue weighted by Crippen LogP contribution is 2.28. The quantitative estimate of drug-likeness (QED) is 0.764. The molecule has 0 bridgehead atoms. The van der Waals surface area contributed by atoms with Crippen LogP contribution < -0.4 is 15.0 Å². The predicted molar refractivity (Wildman–Crippen MR) is 118 cm³/mol. The van der Waals surface area contributed by atoms with Gasteiger partial charge in [-0.05, 0) is 69.9 Å². The second kappa shape index (κ2) is 9.22. The highest BCUT2D eigenvalue weighted by Gasteiger charge is 2.36. The van der Waals surface area contributed by atoms with E-state index in [1.165, 1.54) is 0 Å². The van der Waals surface area contributed by atoms with E-state index in [0.717, 1.165) is 42.8 Å². The molecule has 2 fully saturated rings. The largest absolute Gasteiger partial charge is 0.460 e. The van der Waals surface area contributed by atoms with E-state index in [2.05, 4.69) is 15.3 Å². The van der Waals surface area contributed by atoms with Crippen LogP contribution in [0.5, 0.6) is 6.01 Å². The van der Waals surface area contributed by atoms with Crippen LogP contribution in [0.15, 0.2) is 30.3 Å². The minimum absolute atomic E-state index is 0.0342. The minimum atomic E-state index is -0.333. The number of nitrogens with one attached hydrogen (secondary N) is 1. The van der Waals surface area contributed by atoms with Gasteiger partial charge in [0, 0.05) is 41.1 Å². The Bertz CT molecular complexity index is 938. The number of carbonyl (C=O) groups is 2. The van der Waals surface area contributed by atoms with Gasteiger partial charge < -0.3 is 15.0 Å². The Morgan fingerprint density at radius 2 is 1.74 bits per heavy atom. The number of nitrogens with zero attached hydrogens (tertiary/aromatic N) is 3. The van der Waals surface area contributed by atoms with Crippen molar-refractivity contribution < 1.29 is 14.3 Å². The molecular formula is C23H27ClN4O3. The average Bonchev–Trinajstić information content (AvgIpc) is 3.11. The van der Waals surface area contributed by atoms with Gasteiger partial charge in [0.25, 0.3) is 0 Å². The van der Waals surface area contributed by atoms with Crippen LogP contribution in [0.4, 0.5) is 5.69 Å². The molecule has 2 amide bonds. The Labute approximate surface area is 187 Å². The van der Waals surface area contributed by atoms with Crippen molar-refractivity contribution in [2.45, 2.75) is 58.1 Å². The summed E-state index contributed by atoms with van der Waals surface area (Å²) in [5.74, 6) is -0.416. The fourth-order valence-electron chi connectivity index (χ4n) is 4.29. The van der Waals surface area contributed by atoms with E-state index in [1.54, 1.807) is 29.2 Å². The molecule has 164 valence electrons. The zero-order valence-corrected chi connectivity index (χ0v) is 18.6. The number of amides is 2. The molecule has 1 aliphatic carbocycles. The molecule has 31 heavy (non-hydrogen) atoms. The first kappa shape index (κ1) is 21.6. The highest BCUT2D eigenvalue weighted by atomic mass is 35.5. The molecule has 1 aromatic carbocycles. The summed E-state index contributed by atoms with van der Waals surface area (Å²) < 4.78 is 5.96. The van der Waals surface area contributed by atoms with E-state index >= 15 is 0 Å². The van der Waals surface area contributed by atoms with E-state index in [-0.39, 0.29) is 36.3 Å². The summed E-state index contributed by atoms with van der Waals surface area (Å²) in [6.45, 7) is 4.25. The number of aromatic nitrogens is 2. The van der Waals surface area contributed by atoms with Crippen LogP contribution in [0.2, 0.25) is 5.02 Å². The van der Waals surface area contributed by atoms with Gasteiger partial charge in [0.15, 0.2) is 0 Å². The summed E-state index contributed by atoms with van der Waals surface area (Å²) in [4.78, 5) is 35.5. The third-order valence-electron chi connectivity index (χ3n) is 5.89. The van der Waals surface area contributed by atoms with E-state index < -0.39 is 0 Å². The van der Waals surface area contributed by atoms with Crippen molar-refractivity contribution in [2.24, 2.45) is 5.92 Å². The van der Waals surface area contributed by atoms with Crippen molar-refractivity contribution >= 4 is 29.1 Å². The Morgan fingerprint density at radius 3 is 2.39 bits per heavy atom. The normalized spacial score (nSPS) is 23.6. The molecule has 1 aliphatic heterocycles. The number of anilines is 1. The topological polar surface area (TPSA) is 84.4 Å².